The first kappa shape index (κ1) is 35.7. The molecule has 5 heterocycles. The van der Waals surface area contributed by atoms with Crippen LogP contribution in [0.5, 0.6) is 5.75 Å². The van der Waals surface area contributed by atoms with Crippen LogP contribution in [-0.2, 0) is 24.4 Å². The molecule has 2 saturated heterocycles. The van der Waals surface area contributed by atoms with Crippen molar-refractivity contribution < 1.29 is 23.8 Å². The number of aliphatic hydroxyl groups is 1. The van der Waals surface area contributed by atoms with Crippen LogP contribution in [0.3, 0.4) is 0 Å². The number of anilines is 2. The number of aryl methyl sites for hydroxylation is 1. The second-order valence-electron chi connectivity index (χ2n) is 13.3. The topological polar surface area (TPSA) is 124 Å². The molecule has 0 bridgehead atoms. The van der Waals surface area contributed by atoms with Crippen LogP contribution in [0.2, 0.25) is 0 Å². The first-order chi connectivity index (χ1) is 22.8. The van der Waals surface area contributed by atoms with Crippen LogP contribution in [0.1, 0.15) is 84.8 Å². The smallest absolute Gasteiger partial charge is 0.219 e. The molecule has 3 aliphatic heterocycles. The Labute approximate surface area is 290 Å². The third-order valence-electron chi connectivity index (χ3n) is 9.76. The number of rotatable bonds is 12. The van der Waals surface area contributed by atoms with Crippen molar-refractivity contribution in [3.8, 4) is 5.75 Å². The van der Waals surface area contributed by atoms with Gasteiger partial charge in [0.15, 0.2) is 17.9 Å². The largest absolute Gasteiger partial charge is 0.486 e. The van der Waals surface area contributed by atoms with Crippen LogP contribution in [0.15, 0.2) is 41.1 Å². The van der Waals surface area contributed by atoms with Gasteiger partial charge in [0.1, 0.15) is 24.0 Å². The first-order valence-corrected chi connectivity index (χ1v) is 17.2. The minimum Gasteiger partial charge on any atom is -0.486 e. The van der Waals surface area contributed by atoms with Crippen LogP contribution in [0.4, 0.5) is 11.6 Å². The Hall–Kier alpha value is -3.61. The van der Waals surface area contributed by atoms with E-state index < -0.39 is 6.10 Å². The van der Waals surface area contributed by atoms with E-state index in [-0.39, 0.29) is 37.6 Å². The molecule has 11 nitrogen and oxygen atoms in total. The van der Waals surface area contributed by atoms with E-state index in [2.05, 4.69) is 32.2 Å². The Bertz CT molecular complexity index is 1530. The molecule has 0 unspecified atom stereocenters. The molecular formula is C36H50N6O5S. The van der Waals surface area contributed by atoms with Crippen molar-refractivity contribution in [3.63, 3.8) is 0 Å². The molecule has 12 heteroatoms. The number of carbonyl (C=O) groups excluding carboxylic acids is 2. The second kappa shape index (κ2) is 16.7. The number of oxazole rings is 1. The molecule has 2 aromatic heterocycles. The Balaban J connectivity index is 0.00000451. The van der Waals surface area contributed by atoms with Gasteiger partial charge in [-0.3, -0.25) is 14.5 Å². The number of hydrogen-bond acceptors (Lipinski definition) is 10. The van der Waals surface area contributed by atoms with E-state index in [9.17, 15) is 14.7 Å². The first-order valence-electron chi connectivity index (χ1n) is 17.2. The quantitative estimate of drug-likeness (QED) is 0.257. The van der Waals surface area contributed by atoms with Gasteiger partial charge in [-0.05, 0) is 87.3 Å². The lowest BCUT2D eigenvalue weighted by Gasteiger charge is -2.32. The summed E-state index contributed by atoms with van der Waals surface area (Å²) >= 11 is 0. The van der Waals surface area contributed by atoms with Crippen molar-refractivity contribution in [3.05, 3.63) is 64.9 Å². The number of nitrogens with one attached hydrogen (secondary N) is 1. The van der Waals surface area contributed by atoms with Crippen molar-refractivity contribution in [1.82, 2.24) is 19.8 Å². The average Bonchev–Trinajstić information content (AvgIpc) is 3.50. The highest BCUT2D eigenvalue weighted by atomic mass is 32.1. The van der Waals surface area contributed by atoms with E-state index in [1.54, 1.807) is 6.92 Å². The Kier molecular flexibility index (Phi) is 12.4. The van der Waals surface area contributed by atoms with Crippen LogP contribution in [-0.4, -0.2) is 88.0 Å². The molecule has 3 aliphatic rings. The molecule has 1 aromatic carbocycles. The van der Waals surface area contributed by atoms with Crippen LogP contribution < -0.4 is 15.0 Å². The van der Waals surface area contributed by atoms with Gasteiger partial charge in [0, 0.05) is 70.8 Å². The minimum atomic E-state index is -0.597. The van der Waals surface area contributed by atoms with E-state index >= 15 is 0 Å². The number of aromatic nitrogens is 2. The predicted octanol–water partition coefficient (Wildman–Crippen LogP) is 4.87. The molecule has 1 atom stereocenters. The van der Waals surface area contributed by atoms with Gasteiger partial charge >= 0.3 is 0 Å². The number of carbonyl (C=O) groups is 2. The lowest BCUT2D eigenvalue weighted by molar-refractivity contribution is -0.129. The molecular weight excluding hydrogens is 629 g/mol. The zero-order valence-electron chi connectivity index (χ0n) is 28.2. The van der Waals surface area contributed by atoms with Gasteiger partial charge in [-0.25, -0.2) is 9.97 Å². The van der Waals surface area contributed by atoms with Gasteiger partial charge in [-0.1, -0.05) is 6.07 Å². The molecule has 260 valence electrons. The standard InChI is InChI=1S/C36H48N6O5.H2S/c1-25-34(47-24-37-25)23-46-32-8-6-28-21-40(15-10-27(28)18-32)22-31(44)7-9-33(45)29-19-35(38-30-11-16-41(17-12-30)26(2)43)39-36(20-29)42-13-4-3-5-14-42;/h6,8,18-20,24,30-31,44H,3-5,7,9-17,21-23H2,1-2H3,(H,38,39);1H2/t31-;/m0./s1. The second-order valence-corrected chi connectivity index (χ2v) is 13.3. The van der Waals surface area contributed by atoms with Crippen molar-refractivity contribution in [2.75, 3.05) is 49.5 Å². The number of amides is 1. The van der Waals surface area contributed by atoms with Gasteiger partial charge < -0.3 is 29.4 Å². The summed E-state index contributed by atoms with van der Waals surface area (Å²) < 4.78 is 11.3. The monoisotopic (exact) mass is 678 g/mol. The lowest BCUT2D eigenvalue weighted by Crippen LogP contribution is -2.41. The number of fused-ring (bicyclic) bond motifs is 1. The van der Waals surface area contributed by atoms with Gasteiger partial charge in [-0.2, -0.15) is 13.5 Å². The normalized spacial score (nSPS) is 17.7. The fraction of sp³-hybridized carbons (Fsp3) is 0.556. The fourth-order valence-corrected chi connectivity index (χ4v) is 6.86. The Morgan fingerprint density at radius 2 is 1.85 bits per heavy atom. The summed E-state index contributed by atoms with van der Waals surface area (Å²) in [6.45, 7) is 9.32. The SMILES string of the molecule is CC(=O)N1CCC(Nc2cc(C(=O)CC[C@H](O)CN3CCc4cc(OCc5ocnc5C)ccc4C3)cc(N3CCCCC3)n2)CC1.S. The number of Topliss-reactive ketones (excluding diaryl/α,β-unsaturated/α-hetero) is 1. The zero-order chi connectivity index (χ0) is 32.8. The number of β-amino-alcohol motifs (C(OH)–C–C–N with tert-alkyl or cyclic N) is 1. The van der Waals surface area contributed by atoms with Gasteiger partial charge in [0.2, 0.25) is 5.91 Å². The predicted molar refractivity (Wildman–Crippen MR) is 190 cm³/mol. The number of nitrogens with zero attached hydrogens (tertiary/aromatic N) is 5. The van der Waals surface area contributed by atoms with Crippen molar-refractivity contribution in [2.24, 2.45) is 0 Å². The summed E-state index contributed by atoms with van der Waals surface area (Å²) in [6, 6.07) is 10.2. The van der Waals surface area contributed by atoms with Gasteiger partial charge in [0.25, 0.3) is 0 Å². The molecule has 48 heavy (non-hydrogen) atoms. The minimum absolute atomic E-state index is 0. The van der Waals surface area contributed by atoms with Crippen molar-refractivity contribution in [2.45, 2.75) is 90.5 Å². The zero-order valence-corrected chi connectivity index (χ0v) is 29.2. The lowest BCUT2D eigenvalue weighted by atomic mass is 9.98. The summed E-state index contributed by atoms with van der Waals surface area (Å²) in [5.41, 5.74) is 3.97. The molecule has 3 aromatic rings. The maximum Gasteiger partial charge on any atom is 0.219 e. The Morgan fingerprint density at radius 1 is 1.06 bits per heavy atom. The van der Waals surface area contributed by atoms with Crippen LogP contribution in [0.25, 0.3) is 0 Å². The molecule has 0 spiro atoms. The summed E-state index contributed by atoms with van der Waals surface area (Å²) in [5.74, 6) is 3.23. The average molecular weight is 679 g/mol. The van der Waals surface area contributed by atoms with Crippen molar-refractivity contribution >= 4 is 36.8 Å². The number of hydrogen-bond donors (Lipinski definition) is 2. The van der Waals surface area contributed by atoms with Gasteiger partial charge in [-0.15, -0.1) is 0 Å². The molecule has 0 saturated carbocycles. The summed E-state index contributed by atoms with van der Waals surface area (Å²) in [7, 11) is 0. The molecule has 0 aliphatic carbocycles. The van der Waals surface area contributed by atoms with E-state index in [0.29, 0.717) is 31.0 Å². The summed E-state index contributed by atoms with van der Waals surface area (Å²) in [5, 5.41) is 14.5. The van der Waals surface area contributed by atoms with E-state index in [1.807, 2.05) is 30.0 Å². The number of piperidine rings is 2. The molecule has 2 fully saturated rings. The van der Waals surface area contributed by atoms with Crippen LogP contribution >= 0.6 is 13.5 Å². The van der Waals surface area contributed by atoms with Gasteiger partial charge in [0.05, 0.1) is 11.8 Å². The third kappa shape index (κ3) is 9.29. The molecule has 2 N–H and O–H groups in total. The number of benzene rings is 1. The third-order valence-corrected chi connectivity index (χ3v) is 9.76. The fourth-order valence-electron chi connectivity index (χ4n) is 6.86. The summed E-state index contributed by atoms with van der Waals surface area (Å²) in [4.78, 5) is 40.7. The Morgan fingerprint density at radius 3 is 2.58 bits per heavy atom. The summed E-state index contributed by atoms with van der Waals surface area (Å²) in [6.07, 6.45) is 7.56. The highest BCUT2D eigenvalue weighted by molar-refractivity contribution is 7.59. The molecule has 6 rings (SSSR count). The highest BCUT2D eigenvalue weighted by Crippen LogP contribution is 2.27. The van der Waals surface area contributed by atoms with E-state index in [1.165, 1.54) is 23.9 Å². The van der Waals surface area contributed by atoms with E-state index in [4.69, 9.17) is 14.1 Å². The number of ketones is 1. The van der Waals surface area contributed by atoms with E-state index in [0.717, 1.165) is 94.4 Å². The number of aliphatic hydroxyl groups excluding tert-OH is 1. The number of likely N-dealkylation sites (tertiary alicyclic amines) is 1. The van der Waals surface area contributed by atoms with Crippen LogP contribution in [0, 0.1) is 6.92 Å². The maximum absolute atomic E-state index is 13.5. The number of ether oxygens (including phenoxy) is 1. The molecule has 0 radical (unpaired) electrons. The highest BCUT2D eigenvalue weighted by Gasteiger charge is 2.24. The maximum atomic E-state index is 13.5. The number of pyridine rings is 1. The molecule has 1 amide bonds. The van der Waals surface area contributed by atoms with Crippen molar-refractivity contribution in [1.29, 1.82) is 0 Å².